The number of benzene rings is 3. The minimum atomic E-state index is -0.726. The third-order valence-electron chi connectivity index (χ3n) is 7.83. The largest absolute Gasteiger partial charge is 0.273 e. The Morgan fingerprint density at radius 1 is 0.676 bits per heavy atom. The van der Waals surface area contributed by atoms with Crippen molar-refractivity contribution in [1.82, 2.24) is 0 Å². The molecule has 4 heteroatoms. The van der Waals surface area contributed by atoms with E-state index in [1.54, 1.807) is 0 Å². The van der Waals surface area contributed by atoms with E-state index >= 15 is 0 Å². The molecule has 1 saturated carbocycles. The van der Waals surface area contributed by atoms with Crippen LogP contribution in [-0.2, 0) is 9.59 Å². The lowest BCUT2D eigenvalue weighted by Gasteiger charge is -2.36. The van der Waals surface area contributed by atoms with Crippen LogP contribution in [0.3, 0.4) is 0 Å². The van der Waals surface area contributed by atoms with Crippen LogP contribution < -0.4 is 4.90 Å². The average Bonchev–Trinajstić information content (AvgIpc) is 3.31. The van der Waals surface area contributed by atoms with Crippen LogP contribution in [0, 0.1) is 10.8 Å². The van der Waals surface area contributed by atoms with Gasteiger partial charge in [-0.15, -0.1) is 0 Å². The molecular formula is C30H24BrNO2. The second kappa shape index (κ2) is 7.92. The Bertz CT molecular complexity index is 1260. The summed E-state index contributed by atoms with van der Waals surface area (Å²) in [6.07, 6.45) is 6.61. The summed E-state index contributed by atoms with van der Waals surface area (Å²) in [5, 5.41) is 0. The second-order valence-corrected chi connectivity index (χ2v) is 10.4. The molecule has 0 unspecified atom stereocenters. The third-order valence-corrected chi connectivity index (χ3v) is 8.36. The number of rotatable bonds is 3. The molecule has 0 radical (unpaired) electrons. The highest BCUT2D eigenvalue weighted by atomic mass is 79.9. The van der Waals surface area contributed by atoms with E-state index in [9.17, 15) is 9.59 Å². The molecule has 1 heterocycles. The Hall–Kier alpha value is -3.24. The SMILES string of the molecule is O=C1N(c2ccc(Br)cc2)C(=O)[C@]23CC=CC[C@]12CC(=C(c1ccccc1)c1ccccc1)C3. The zero-order chi connectivity index (χ0) is 23.3. The van der Waals surface area contributed by atoms with E-state index in [2.05, 4.69) is 52.3 Å². The molecule has 6 rings (SSSR count). The van der Waals surface area contributed by atoms with Crippen LogP contribution in [0.1, 0.15) is 36.8 Å². The minimum Gasteiger partial charge on any atom is -0.273 e. The van der Waals surface area contributed by atoms with Gasteiger partial charge in [0.05, 0.1) is 16.5 Å². The fourth-order valence-electron chi connectivity index (χ4n) is 6.28. The topological polar surface area (TPSA) is 37.4 Å². The van der Waals surface area contributed by atoms with E-state index in [0.717, 1.165) is 21.2 Å². The maximum absolute atomic E-state index is 14.1. The number of nitrogens with zero attached hydrogens (tertiary/aromatic N) is 1. The molecule has 0 bridgehead atoms. The van der Waals surface area contributed by atoms with Gasteiger partial charge in [0, 0.05) is 4.47 Å². The first kappa shape index (κ1) is 21.3. The van der Waals surface area contributed by atoms with Gasteiger partial charge < -0.3 is 0 Å². The van der Waals surface area contributed by atoms with E-state index in [4.69, 9.17) is 0 Å². The summed E-state index contributed by atoms with van der Waals surface area (Å²) in [4.78, 5) is 29.7. The number of imide groups is 1. The first-order chi connectivity index (χ1) is 16.6. The fraction of sp³-hybridized carbons (Fsp3) is 0.200. The Morgan fingerprint density at radius 3 is 1.62 bits per heavy atom. The molecule has 34 heavy (non-hydrogen) atoms. The highest BCUT2D eigenvalue weighted by Crippen LogP contribution is 2.67. The van der Waals surface area contributed by atoms with Gasteiger partial charge in [-0.3, -0.25) is 9.59 Å². The van der Waals surface area contributed by atoms with Gasteiger partial charge in [-0.2, -0.15) is 0 Å². The molecule has 2 amide bonds. The van der Waals surface area contributed by atoms with Crippen LogP contribution in [-0.4, -0.2) is 11.8 Å². The highest BCUT2D eigenvalue weighted by molar-refractivity contribution is 9.10. The van der Waals surface area contributed by atoms with Gasteiger partial charge in [-0.25, -0.2) is 4.90 Å². The van der Waals surface area contributed by atoms with E-state index < -0.39 is 10.8 Å². The molecule has 0 spiro atoms. The smallest absolute Gasteiger partial charge is 0.241 e. The van der Waals surface area contributed by atoms with E-state index in [0.29, 0.717) is 31.4 Å². The molecule has 3 aromatic rings. The number of carbonyl (C=O) groups excluding carboxylic acids is 2. The van der Waals surface area contributed by atoms with Gasteiger partial charge >= 0.3 is 0 Å². The van der Waals surface area contributed by atoms with E-state index in [-0.39, 0.29) is 11.8 Å². The van der Waals surface area contributed by atoms with Crippen molar-refractivity contribution >= 4 is 39.0 Å². The number of halogens is 1. The van der Waals surface area contributed by atoms with Crippen molar-refractivity contribution in [2.45, 2.75) is 25.7 Å². The maximum atomic E-state index is 14.1. The van der Waals surface area contributed by atoms with Crippen molar-refractivity contribution in [3.63, 3.8) is 0 Å². The molecule has 3 nitrogen and oxygen atoms in total. The summed E-state index contributed by atoms with van der Waals surface area (Å²) in [6, 6.07) is 28.2. The summed E-state index contributed by atoms with van der Waals surface area (Å²) >= 11 is 3.45. The standard InChI is InChI=1S/C30H24BrNO2/c31-24-13-15-25(16-14-24)32-27(33)29-17-7-8-18-30(29,28(32)34)20-23(19-29)26(21-9-3-1-4-10-21)22-11-5-2-6-12-22/h1-16H,17-20H2/t29-,30+. The lowest BCUT2D eigenvalue weighted by atomic mass is 9.61. The zero-order valence-electron chi connectivity index (χ0n) is 18.7. The van der Waals surface area contributed by atoms with Crippen LogP contribution in [0.5, 0.6) is 0 Å². The average molecular weight is 510 g/mol. The first-order valence-electron chi connectivity index (χ1n) is 11.7. The van der Waals surface area contributed by atoms with Crippen molar-refractivity contribution in [3.8, 4) is 0 Å². The molecular weight excluding hydrogens is 486 g/mol. The molecule has 0 aromatic heterocycles. The van der Waals surface area contributed by atoms with Crippen molar-refractivity contribution < 1.29 is 9.59 Å². The maximum Gasteiger partial charge on any atom is 0.241 e. The quantitative estimate of drug-likeness (QED) is 0.283. The third kappa shape index (κ3) is 2.94. The molecule has 2 aliphatic carbocycles. The molecule has 1 aliphatic heterocycles. The molecule has 168 valence electrons. The molecule has 0 N–H and O–H groups in total. The summed E-state index contributed by atoms with van der Waals surface area (Å²) in [5.74, 6) is -0.112. The van der Waals surface area contributed by atoms with Crippen LogP contribution in [0.4, 0.5) is 5.69 Å². The number of amides is 2. The van der Waals surface area contributed by atoms with Gasteiger partial charge in [0.1, 0.15) is 0 Å². The molecule has 3 aliphatic rings. The number of carbonyl (C=O) groups is 2. The number of allylic oxidation sites excluding steroid dienone is 3. The zero-order valence-corrected chi connectivity index (χ0v) is 20.3. The van der Waals surface area contributed by atoms with Gasteiger partial charge in [-0.1, -0.05) is 94.3 Å². The summed E-state index contributed by atoms with van der Waals surface area (Å²) in [5.41, 5.74) is 3.83. The molecule has 2 fully saturated rings. The Balaban J connectivity index is 1.52. The van der Waals surface area contributed by atoms with Crippen LogP contribution in [0.15, 0.2) is 107 Å². The molecule has 3 aromatic carbocycles. The second-order valence-electron chi connectivity index (χ2n) is 9.53. The van der Waals surface area contributed by atoms with E-state index in [1.165, 1.54) is 10.5 Å². The Kier molecular flexibility index (Phi) is 4.96. The van der Waals surface area contributed by atoms with Crippen LogP contribution >= 0.6 is 15.9 Å². The fourth-order valence-corrected chi connectivity index (χ4v) is 6.54. The van der Waals surface area contributed by atoms with Crippen molar-refractivity contribution in [1.29, 1.82) is 0 Å². The predicted molar refractivity (Wildman–Crippen MR) is 138 cm³/mol. The Morgan fingerprint density at radius 2 is 1.15 bits per heavy atom. The van der Waals surface area contributed by atoms with Gasteiger partial charge in [-0.05, 0) is 66.6 Å². The van der Waals surface area contributed by atoms with Crippen molar-refractivity contribution in [3.05, 3.63) is 118 Å². The Labute approximate surface area is 207 Å². The minimum absolute atomic E-state index is 0.0559. The molecule has 1 saturated heterocycles. The number of hydrogen-bond acceptors (Lipinski definition) is 2. The summed E-state index contributed by atoms with van der Waals surface area (Å²) in [6.45, 7) is 0. The van der Waals surface area contributed by atoms with Crippen molar-refractivity contribution in [2.75, 3.05) is 4.90 Å². The number of hydrogen-bond donors (Lipinski definition) is 0. The lowest BCUT2D eigenvalue weighted by molar-refractivity contribution is -0.132. The number of anilines is 1. The van der Waals surface area contributed by atoms with Crippen LogP contribution in [0.2, 0.25) is 0 Å². The summed E-state index contributed by atoms with van der Waals surface area (Å²) in [7, 11) is 0. The van der Waals surface area contributed by atoms with Gasteiger partial charge in [0.15, 0.2) is 0 Å². The lowest BCUT2D eigenvalue weighted by Crippen LogP contribution is -2.41. The molecule has 2 atom stereocenters. The first-order valence-corrected chi connectivity index (χ1v) is 12.5. The van der Waals surface area contributed by atoms with Crippen LogP contribution in [0.25, 0.3) is 5.57 Å². The highest BCUT2D eigenvalue weighted by Gasteiger charge is 2.72. The summed E-state index contributed by atoms with van der Waals surface area (Å²) < 4.78 is 0.923. The van der Waals surface area contributed by atoms with E-state index in [1.807, 2.05) is 60.7 Å². The van der Waals surface area contributed by atoms with Gasteiger partial charge in [0.25, 0.3) is 0 Å². The van der Waals surface area contributed by atoms with Gasteiger partial charge in [0.2, 0.25) is 11.8 Å². The monoisotopic (exact) mass is 509 g/mol. The van der Waals surface area contributed by atoms with Crippen molar-refractivity contribution in [2.24, 2.45) is 10.8 Å². The predicted octanol–water partition coefficient (Wildman–Crippen LogP) is 6.94. The normalized spacial score (nSPS) is 25.4.